The molecular weight excluding hydrogens is 420 g/mol. The second-order valence-electron chi connectivity index (χ2n) is 7.43. The van der Waals surface area contributed by atoms with Gasteiger partial charge in [-0.15, -0.1) is 0 Å². The molecule has 160 valence electrons. The largest absolute Gasteiger partial charge is 0.492 e. The highest BCUT2D eigenvalue weighted by molar-refractivity contribution is 7.93. The predicted molar refractivity (Wildman–Crippen MR) is 121 cm³/mol. The van der Waals surface area contributed by atoms with Gasteiger partial charge >= 0.3 is 0 Å². The lowest BCUT2D eigenvalue weighted by Gasteiger charge is -2.33. The molecule has 3 rings (SSSR count). The van der Waals surface area contributed by atoms with Crippen molar-refractivity contribution in [1.82, 2.24) is 10.2 Å². The molecule has 8 heteroatoms. The first-order chi connectivity index (χ1) is 14.4. The highest BCUT2D eigenvalue weighted by atomic mass is 35.5. The minimum Gasteiger partial charge on any atom is -0.492 e. The number of hydrogen-bond acceptors (Lipinski definition) is 6. The van der Waals surface area contributed by atoms with Gasteiger partial charge in [0.25, 0.3) is 0 Å². The van der Waals surface area contributed by atoms with E-state index in [9.17, 15) is 4.21 Å². The third kappa shape index (κ3) is 6.19. The van der Waals surface area contributed by atoms with E-state index >= 15 is 0 Å². The summed E-state index contributed by atoms with van der Waals surface area (Å²) >= 11 is 6.10. The van der Waals surface area contributed by atoms with Gasteiger partial charge in [0.2, 0.25) is 0 Å². The summed E-state index contributed by atoms with van der Waals surface area (Å²) in [5, 5.41) is 13.2. The number of hydrogen-bond donors (Lipinski definition) is 1. The summed E-state index contributed by atoms with van der Waals surface area (Å²) in [6.45, 7) is 4.24. The zero-order valence-electron chi connectivity index (χ0n) is 17.3. The molecule has 1 fully saturated rings. The first-order valence-electron chi connectivity index (χ1n) is 9.88. The highest BCUT2D eigenvalue weighted by Gasteiger charge is 2.20. The van der Waals surface area contributed by atoms with Gasteiger partial charge in [0.15, 0.2) is 0 Å². The molecule has 0 aromatic heterocycles. The van der Waals surface area contributed by atoms with Crippen LogP contribution in [0.2, 0.25) is 5.02 Å². The van der Waals surface area contributed by atoms with Crippen molar-refractivity contribution in [3.8, 4) is 11.8 Å². The van der Waals surface area contributed by atoms with E-state index in [0.717, 1.165) is 43.9 Å². The molecule has 1 aliphatic rings. The molecule has 1 N–H and O–H groups in total. The zero-order valence-corrected chi connectivity index (χ0v) is 18.9. The number of halogens is 1. The Hall–Kier alpha value is -2.11. The summed E-state index contributed by atoms with van der Waals surface area (Å²) in [5.41, 5.74) is 1.68. The molecule has 6 nitrogen and oxygen atoms in total. The van der Waals surface area contributed by atoms with E-state index in [2.05, 4.69) is 20.6 Å². The van der Waals surface area contributed by atoms with Crippen LogP contribution in [-0.4, -0.2) is 61.2 Å². The van der Waals surface area contributed by atoms with Crippen LogP contribution in [0.1, 0.15) is 11.1 Å². The van der Waals surface area contributed by atoms with Crippen molar-refractivity contribution < 1.29 is 8.95 Å². The Morgan fingerprint density at radius 2 is 2.10 bits per heavy atom. The van der Waals surface area contributed by atoms with E-state index in [-0.39, 0.29) is 6.04 Å². The van der Waals surface area contributed by atoms with Crippen LogP contribution >= 0.6 is 11.6 Å². The van der Waals surface area contributed by atoms with Gasteiger partial charge in [-0.2, -0.15) is 5.26 Å². The summed E-state index contributed by atoms with van der Waals surface area (Å²) in [4.78, 5) is 3.11. The van der Waals surface area contributed by atoms with Gasteiger partial charge in [-0.1, -0.05) is 11.6 Å². The second-order valence-corrected chi connectivity index (χ2v) is 10.3. The van der Waals surface area contributed by atoms with E-state index in [1.165, 1.54) is 0 Å². The SMILES string of the molecule is CN=[S@](C)(=O)c1ccc(OC[C@@H]2CN(CCc3cc(Cl)cc(C#N)c3)CCN2)cc1. The lowest BCUT2D eigenvalue weighted by molar-refractivity contribution is 0.159. The van der Waals surface area contributed by atoms with Crippen LogP contribution < -0.4 is 10.1 Å². The van der Waals surface area contributed by atoms with Crippen LogP contribution in [0.25, 0.3) is 0 Å². The Labute approximate surface area is 184 Å². The molecule has 0 amide bonds. The maximum Gasteiger partial charge on any atom is 0.119 e. The Bertz CT molecular complexity index is 1030. The van der Waals surface area contributed by atoms with E-state index in [1.807, 2.05) is 36.4 Å². The average molecular weight is 447 g/mol. The Morgan fingerprint density at radius 3 is 2.80 bits per heavy atom. The van der Waals surface area contributed by atoms with E-state index < -0.39 is 9.73 Å². The average Bonchev–Trinajstić information content (AvgIpc) is 2.76. The summed E-state index contributed by atoms with van der Waals surface area (Å²) in [6.07, 6.45) is 2.48. The quantitative estimate of drug-likeness (QED) is 0.706. The summed E-state index contributed by atoms with van der Waals surface area (Å²) in [5.74, 6) is 0.756. The lowest BCUT2D eigenvalue weighted by Crippen LogP contribution is -2.53. The van der Waals surface area contributed by atoms with Crippen LogP contribution in [0.3, 0.4) is 0 Å². The Balaban J connectivity index is 1.50. The van der Waals surface area contributed by atoms with Crippen LogP contribution in [-0.2, 0) is 16.1 Å². The molecule has 0 radical (unpaired) electrons. The van der Waals surface area contributed by atoms with Crippen molar-refractivity contribution in [3.05, 3.63) is 58.6 Å². The summed E-state index contributed by atoms with van der Waals surface area (Å²) < 4.78 is 22.2. The number of nitrogens with zero attached hydrogens (tertiary/aromatic N) is 3. The van der Waals surface area contributed by atoms with Crippen molar-refractivity contribution in [2.75, 3.05) is 46.1 Å². The molecule has 0 unspecified atom stereocenters. The van der Waals surface area contributed by atoms with Crippen LogP contribution in [0.4, 0.5) is 0 Å². The number of rotatable bonds is 7. The second kappa shape index (κ2) is 10.3. The molecule has 1 saturated heterocycles. The third-order valence-electron chi connectivity index (χ3n) is 5.20. The van der Waals surface area contributed by atoms with Crippen molar-refractivity contribution >= 4 is 21.3 Å². The van der Waals surface area contributed by atoms with E-state index in [1.54, 1.807) is 19.4 Å². The van der Waals surface area contributed by atoms with Gasteiger partial charge in [0, 0.05) is 49.4 Å². The Kier molecular flexibility index (Phi) is 7.73. The van der Waals surface area contributed by atoms with Gasteiger partial charge in [0.1, 0.15) is 12.4 Å². The van der Waals surface area contributed by atoms with Gasteiger partial charge in [-0.3, -0.25) is 0 Å². The smallest absolute Gasteiger partial charge is 0.119 e. The van der Waals surface area contributed by atoms with E-state index in [4.69, 9.17) is 21.6 Å². The predicted octanol–water partition coefficient (Wildman–Crippen LogP) is 3.19. The summed E-state index contributed by atoms with van der Waals surface area (Å²) in [7, 11) is -0.748. The normalized spacial score (nSPS) is 18.9. The molecule has 1 heterocycles. The van der Waals surface area contributed by atoms with Crippen molar-refractivity contribution in [3.63, 3.8) is 0 Å². The Morgan fingerprint density at radius 1 is 1.33 bits per heavy atom. The fraction of sp³-hybridized carbons (Fsp3) is 0.409. The first-order valence-corrected chi connectivity index (χ1v) is 12.2. The lowest BCUT2D eigenvalue weighted by atomic mass is 10.1. The van der Waals surface area contributed by atoms with Crippen molar-refractivity contribution in [1.29, 1.82) is 5.26 Å². The monoisotopic (exact) mass is 446 g/mol. The fourth-order valence-corrected chi connectivity index (χ4v) is 4.56. The molecular formula is C22H27ClN4O2S. The topological polar surface area (TPSA) is 77.7 Å². The maximum atomic E-state index is 12.3. The number of nitrogens with one attached hydrogen (secondary N) is 1. The standard InChI is InChI=1S/C22H27ClN4O2S/c1-25-30(2,28)22-5-3-21(4-6-22)29-16-20-15-27(10-8-26-20)9-7-17-11-18(14-24)13-19(23)12-17/h3-6,11-13,20,26H,7-10,15-16H2,1-2H3/t20-,30+/m0/s1. The van der Waals surface area contributed by atoms with Crippen LogP contribution in [0, 0.1) is 11.3 Å². The number of nitriles is 1. The minimum atomic E-state index is -2.32. The van der Waals surface area contributed by atoms with Gasteiger partial charge in [-0.05, 0) is 54.4 Å². The van der Waals surface area contributed by atoms with Gasteiger partial charge < -0.3 is 15.0 Å². The number of benzene rings is 2. The number of piperazine rings is 1. The minimum absolute atomic E-state index is 0.230. The molecule has 0 saturated carbocycles. The van der Waals surface area contributed by atoms with Gasteiger partial charge in [-0.25, -0.2) is 8.57 Å². The zero-order chi connectivity index (χ0) is 21.6. The van der Waals surface area contributed by atoms with Crippen molar-refractivity contribution in [2.45, 2.75) is 17.4 Å². The molecule has 1 aliphatic heterocycles. The van der Waals surface area contributed by atoms with Gasteiger partial charge in [0.05, 0.1) is 27.4 Å². The third-order valence-corrected chi connectivity index (χ3v) is 7.27. The van der Waals surface area contributed by atoms with Crippen molar-refractivity contribution in [2.24, 2.45) is 4.36 Å². The molecule has 30 heavy (non-hydrogen) atoms. The first kappa shape index (κ1) is 22.6. The molecule has 2 atom stereocenters. The maximum absolute atomic E-state index is 12.3. The molecule has 2 aromatic rings. The molecule has 0 aliphatic carbocycles. The molecule has 0 spiro atoms. The molecule has 0 bridgehead atoms. The van der Waals surface area contributed by atoms with Crippen LogP contribution in [0.15, 0.2) is 51.7 Å². The molecule has 2 aromatic carbocycles. The fourth-order valence-electron chi connectivity index (χ4n) is 3.45. The van der Waals surface area contributed by atoms with Crippen LogP contribution in [0.5, 0.6) is 5.75 Å². The summed E-state index contributed by atoms with van der Waals surface area (Å²) in [6, 6.07) is 15.2. The highest BCUT2D eigenvalue weighted by Crippen LogP contribution is 2.18. The number of ether oxygens (including phenoxy) is 1. The van der Waals surface area contributed by atoms with E-state index in [0.29, 0.717) is 22.1 Å².